The highest BCUT2D eigenvalue weighted by Crippen LogP contribution is 2.36. The number of benzene rings is 1. The molecule has 1 unspecified atom stereocenters. The van der Waals surface area contributed by atoms with Gasteiger partial charge in [0.15, 0.2) is 0 Å². The summed E-state index contributed by atoms with van der Waals surface area (Å²) in [5, 5.41) is 1.42. The third-order valence-corrected chi connectivity index (χ3v) is 4.88. The molecule has 0 radical (unpaired) electrons. The highest BCUT2D eigenvalue weighted by molar-refractivity contribution is 6.34. The van der Waals surface area contributed by atoms with E-state index >= 15 is 0 Å². The van der Waals surface area contributed by atoms with Crippen molar-refractivity contribution in [2.45, 2.75) is 50.3 Å². The molecule has 1 aliphatic rings. The first-order chi connectivity index (χ1) is 8.66. The van der Waals surface area contributed by atoms with Crippen LogP contribution in [0.15, 0.2) is 18.2 Å². The number of hydrogen-bond donors (Lipinski definition) is 0. The van der Waals surface area contributed by atoms with E-state index in [4.69, 9.17) is 34.8 Å². The Bertz CT molecular complexity index is 383. The Balaban J connectivity index is 1.90. The Labute approximate surface area is 125 Å². The van der Waals surface area contributed by atoms with Crippen molar-refractivity contribution in [3.63, 3.8) is 0 Å². The van der Waals surface area contributed by atoms with E-state index in [0.717, 1.165) is 22.9 Å². The molecule has 1 atom stereocenters. The Hall–Kier alpha value is 0.0900. The van der Waals surface area contributed by atoms with Crippen LogP contribution in [-0.4, -0.2) is 0 Å². The minimum absolute atomic E-state index is 0.0156. The zero-order valence-electron chi connectivity index (χ0n) is 10.5. The molecule has 1 aromatic rings. The summed E-state index contributed by atoms with van der Waals surface area (Å²) in [7, 11) is 0. The van der Waals surface area contributed by atoms with Crippen molar-refractivity contribution in [1.29, 1.82) is 0 Å². The second kappa shape index (κ2) is 7.03. The summed E-state index contributed by atoms with van der Waals surface area (Å²) in [5.74, 6) is 0.859. The number of alkyl halides is 1. The molecule has 0 aliphatic heterocycles. The smallest absolute Gasteiger partial charge is 0.0600 e. The van der Waals surface area contributed by atoms with Gasteiger partial charge in [0.2, 0.25) is 0 Å². The van der Waals surface area contributed by atoms with Gasteiger partial charge >= 0.3 is 0 Å². The van der Waals surface area contributed by atoms with E-state index in [1.165, 1.54) is 38.5 Å². The van der Waals surface area contributed by atoms with Crippen LogP contribution in [0.4, 0.5) is 0 Å². The molecule has 0 saturated heterocycles. The van der Waals surface area contributed by atoms with Gasteiger partial charge in [0.1, 0.15) is 0 Å². The molecule has 1 aliphatic carbocycles. The normalized spacial score (nSPS) is 18.8. The largest absolute Gasteiger partial charge is 0.118 e. The molecule has 1 fully saturated rings. The second-order valence-electron chi connectivity index (χ2n) is 5.21. The molecule has 0 aromatic heterocycles. The lowest BCUT2D eigenvalue weighted by Gasteiger charge is -2.22. The van der Waals surface area contributed by atoms with Gasteiger partial charge in [-0.3, -0.25) is 0 Å². The molecule has 1 saturated carbocycles. The first-order valence-corrected chi connectivity index (χ1v) is 7.95. The van der Waals surface area contributed by atoms with Crippen LogP contribution in [0, 0.1) is 5.92 Å². The van der Waals surface area contributed by atoms with Crippen LogP contribution in [0.2, 0.25) is 10.0 Å². The first-order valence-electron chi connectivity index (χ1n) is 6.76. The van der Waals surface area contributed by atoms with E-state index < -0.39 is 0 Å². The molecule has 2 rings (SSSR count). The predicted molar refractivity (Wildman–Crippen MR) is 80.9 cm³/mol. The fourth-order valence-electron chi connectivity index (χ4n) is 2.77. The van der Waals surface area contributed by atoms with Crippen molar-refractivity contribution >= 4 is 34.8 Å². The monoisotopic (exact) mass is 304 g/mol. The molecule has 18 heavy (non-hydrogen) atoms. The summed E-state index contributed by atoms with van der Waals surface area (Å²) >= 11 is 18.6. The summed E-state index contributed by atoms with van der Waals surface area (Å²) in [6, 6.07) is 5.52. The van der Waals surface area contributed by atoms with Gasteiger partial charge in [0.05, 0.1) is 5.38 Å². The molecule has 0 amide bonds. The lowest BCUT2D eigenvalue weighted by molar-refractivity contribution is 0.331. The number of halogens is 3. The van der Waals surface area contributed by atoms with Crippen LogP contribution < -0.4 is 0 Å². The van der Waals surface area contributed by atoms with Gasteiger partial charge in [-0.25, -0.2) is 0 Å². The zero-order valence-corrected chi connectivity index (χ0v) is 12.7. The summed E-state index contributed by atoms with van der Waals surface area (Å²) in [5.41, 5.74) is 0.974. The molecule has 3 heteroatoms. The van der Waals surface area contributed by atoms with Crippen molar-refractivity contribution < 1.29 is 0 Å². The van der Waals surface area contributed by atoms with Crippen molar-refractivity contribution in [1.82, 2.24) is 0 Å². The standard InChI is InChI=1S/C15H19Cl3/c16-12-7-9-15(18)13(10-12)14(17)8-6-11-4-2-1-3-5-11/h7,9-11,14H,1-6,8H2. The lowest BCUT2D eigenvalue weighted by atomic mass is 9.85. The van der Waals surface area contributed by atoms with E-state index in [2.05, 4.69) is 0 Å². The van der Waals surface area contributed by atoms with E-state index in [-0.39, 0.29) is 5.38 Å². The molecular formula is C15H19Cl3. The van der Waals surface area contributed by atoms with Gasteiger partial charge in [-0.05, 0) is 42.5 Å². The van der Waals surface area contributed by atoms with E-state index in [0.29, 0.717) is 5.02 Å². The van der Waals surface area contributed by atoms with Crippen molar-refractivity contribution in [2.24, 2.45) is 5.92 Å². The van der Waals surface area contributed by atoms with Crippen LogP contribution >= 0.6 is 34.8 Å². The molecule has 0 heterocycles. The Morgan fingerprint density at radius 3 is 2.56 bits per heavy atom. The first kappa shape index (κ1) is 14.5. The molecule has 100 valence electrons. The average Bonchev–Trinajstić information content (AvgIpc) is 2.40. The molecular weight excluding hydrogens is 287 g/mol. The molecule has 0 bridgehead atoms. The Morgan fingerprint density at radius 2 is 1.83 bits per heavy atom. The number of rotatable bonds is 4. The molecule has 0 nitrogen and oxygen atoms in total. The SMILES string of the molecule is Clc1ccc(Cl)c(C(Cl)CCC2CCCCC2)c1. The minimum atomic E-state index is -0.0156. The summed E-state index contributed by atoms with van der Waals surface area (Å²) in [6.45, 7) is 0. The zero-order chi connectivity index (χ0) is 13.0. The Kier molecular flexibility index (Phi) is 5.66. The van der Waals surface area contributed by atoms with E-state index in [9.17, 15) is 0 Å². The third-order valence-electron chi connectivity index (χ3n) is 3.85. The highest BCUT2D eigenvalue weighted by atomic mass is 35.5. The lowest BCUT2D eigenvalue weighted by Crippen LogP contribution is -2.07. The molecule has 0 N–H and O–H groups in total. The molecule has 0 spiro atoms. The van der Waals surface area contributed by atoms with Gasteiger partial charge in [-0.2, -0.15) is 0 Å². The van der Waals surface area contributed by atoms with Gasteiger partial charge in [0.25, 0.3) is 0 Å². The third kappa shape index (κ3) is 4.05. The minimum Gasteiger partial charge on any atom is -0.118 e. The molecule has 1 aromatic carbocycles. The van der Waals surface area contributed by atoms with E-state index in [1.54, 1.807) is 6.07 Å². The maximum absolute atomic E-state index is 6.46. The fourth-order valence-corrected chi connectivity index (χ4v) is 3.56. The van der Waals surface area contributed by atoms with E-state index in [1.807, 2.05) is 12.1 Å². The maximum Gasteiger partial charge on any atom is 0.0600 e. The average molecular weight is 306 g/mol. The van der Waals surface area contributed by atoms with Crippen molar-refractivity contribution in [3.8, 4) is 0 Å². The highest BCUT2D eigenvalue weighted by Gasteiger charge is 2.17. The predicted octanol–water partition coefficient (Wildman–Crippen LogP) is 6.63. The van der Waals surface area contributed by atoms with Crippen LogP contribution in [0.25, 0.3) is 0 Å². The maximum atomic E-state index is 6.46. The van der Waals surface area contributed by atoms with Crippen LogP contribution in [-0.2, 0) is 0 Å². The topological polar surface area (TPSA) is 0 Å². The van der Waals surface area contributed by atoms with Crippen LogP contribution in [0.1, 0.15) is 55.9 Å². The van der Waals surface area contributed by atoms with Crippen molar-refractivity contribution in [2.75, 3.05) is 0 Å². The van der Waals surface area contributed by atoms with Crippen LogP contribution in [0.3, 0.4) is 0 Å². The van der Waals surface area contributed by atoms with Gasteiger partial charge in [0, 0.05) is 10.0 Å². The summed E-state index contributed by atoms with van der Waals surface area (Å²) in [4.78, 5) is 0. The van der Waals surface area contributed by atoms with Gasteiger partial charge in [-0.1, -0.05) is 55.3 Å². The number of hydrogen-bond acceptors (Lipinski definition) is 0. The van der Waals surface area contributed by atoms with Crippen LogP contribution in [0.5, 0.6) is 0 Å². The summed E-state index contributed by atoms with van der Waals surface area (Å²) < 4.78 is 0. The summed E-state index contributed by atoms with van der Waals surface area (Å²) in [6.07, 6.45) is 9.11. The van der Waals surface area contributed by atoms with Gasteiger partial charge in [-0.15, -0.1) is 11.6 Å². The van der Waals surface area contributed by atoms with Gasteiger partial charge < -0.3 is 0 Å². The fraction of sp³-hybridized carbons (Fsp3) is 0.600. The quantitative estimate of drug-likeness (QED) is 0.547. The Morgan fingerprint density at radius 1 is 1.11 bits per heavy atom. The second-order valence-corrected chi connectivity index (χ2v) is 6.59. The van der Waals surface area contributed by atoms with Crippen molar-refractivity contribution in [3.05, 3.63) is 33.8 Å².